The molecule has 120 valence electrons. The molecule has 0 aliphatic rings. The van der Waals surface area contributed by atoms with E-state index in [9.17, 15) is 4.79 Å². The third-order valence-electron chi connectivity index (χ3n) is 3.80. The minimum atomic E-state index is -0.132. The number of aromatic amines is 1. The van der Waals surface area contributed by atoms with Gasteiger partial charge in [0, 0.05) is 12.1 Å². The number of fused-ring (bicyclic) bond motifs is 2. The van der Waals surface area contributed by atoms with E-state index in [1.165, 1.54) is 7.11 Å². The van der Waals surface area contributed by atoms with Crippen LogP contribution in [0.4, 0.5) is 0 Å². The Morgan fingerprint density at radius 3 is 2.00 bits per heavy atom. The number of aromatic nitrogens is 1. The maximum Gasteiger partial charge on any atom is 0.197 e. The van der Waals surface area contributed by atoms with Gasteiger partial charge in [-0.3, -0.25) is 4.79 Å². The summed E-state index contributed by atoms with van der Waals surface area (Å²) in [5.41, 5.74) is 1.12. The van der Waals surface area contributed by atoms with E-state index >= 15 is 0 Å². The second-order valence-corrected chi connectivity index (χ2v) is 4.96. The van der Waals surface area contributed by atoms with Crippen LogP contribution in [-0.2, 0) is 0 Å². The highest BCUT2D eigenvalue weighted by Gasteiger charge is 2.14. The Bertz CT molecular complexity index is 945. The molecule has 6 heteroatoms. The lowest BCUT2D eigenvalue weighted by atomic mass is 10.1. The first kappa shape index (κ1) is 15.0. The van der Waals surface area contributed by atoms with E-state index in [2.05, 4.69) is 4.98 Å². The van der Waals surface area contributed by atoms with Crippen molar-refractivity contribution in [3.8, 4) is 23.0 Å². The van der Waals surface area contributed by atoms with Gasteiger partial charge in [0.25, 0.3) is 0 Å². The number of benzene rings is 2. The largest absolute Gasteiger partial charge is 0.497 e. The van der Waals surface area contributed by atoms with Crippen LogP contribution in [-0.4, -0.2) is 33.4 Å². The first-order valence-electron chi connectivity index (χ1n) is 6.96. The monoisotopic (exact) mass is 315 g/mol. The molecule has 0 unspecified atom stereocenters. The summed E-state index contributed by atoms with van der Waals surface area (Å²) in [7, 11) is 6.17. The fourth-order valence-corrected chi connectivity index (χ4v) is 2.63. The van der Waals surface area contributed by atoms with Crippen molar-refractivity contribution in [3.05, 3.63) is 34.5 Å². The van der Waals surface area contributed by atoms with Crippen LogP contribution in [0.25, 0.3) is 21.8 Å². The highest BCUT2D eigenvalue weighted by atomic mass is 16.5. The van der Waals surface area contributed by atoms with E-state index in [4.69, 9.17) is 18.9 Å². The second-order valence-electron chi connectivity index (χ2n) is 4.96. The number of nitrogens with one attached hydrogen (secondary N) is 1. The van der Waals surface area contributed by atoms with Crippen molar-refractivity contribution in [1.29, 1.82) is 0 Å². The van der Waals surface area contributed by atoms with Gasteiger partial charge in [0.1, 0.15) is 11.5 Å². The summed E-state index contributed by atoms with van der Waals surface area (Å²) in [6.45, 7) is 0. The molecular formula is C17H17NO5. The molecular weight excluding hydrogens is 298 g/mol. The average Bonchev–Trinajstić information content (AvgIpc) is 2.60. The molecule has 0 fully saturated rings. The maximum atomic E-state index is 12.9. The molecule has 0 atom stereocenters. The topological polar surface area (TPSA) is 69.8 Å². The molecule has 0 bridgehead atoms. The molecule has 2 aromatic carbocycles. The zero-order valence-electron chi connectivity index (χ0n) is 13.4. The number of hydrogen-bond donors (Lipinski definition) is 1. The molecule has 0 radical (unpaired) electrons. The summed E-state index contributed by atoms with van der Waals surface area (Å²) < 4.78 is 21.2. The molecule has 1 aromatic heterocycles. The Hall–Kier alpha value is -2.89. The molecule has 1 heterocycles. The number of hydrogen-bond acceptors (Lipinski definition) is 5. The molecule has 3 aromatic rings. The van der Waals surface area contributed by atoms with Crippen LogP contribution in [0.15, 0.2) is 29.1 Å². The summed E-state index contributed by atoms with van der Waals surface area (Å²) in [6.07, 6.45) is 0. The maximum absolute atomic E-state index is 12.9. The number of H-pyrrole nitrogens is 1. The van der Waals surface area contributed by atoms with Gasteiger partial charge >= 0.3 is 0 Å². The van der Waals surface area contributed by atoms with Crippen molar-refractivity contribution in [2.45, 2.75) is 0 Å². The van der Waals surface area contributed by atoms with Crippen molar-refractivity contribution in [1.82, 2.24) is 4.98 Å². The molecule has 0 aliphatic heterocycles. The summed E-state index contributed by atoms with van der Waals surface area (Å²) >= 11 is 0. The Kier molecular flexibility index (Phi) is 3.73. The van der Waals surface area contributed by atoms with Gasteiger partial charge in [-0.1, -0.05) is 0 Å². The Balaban J connectivity index is 2.47. The third-order valence-corrected chi connectivity index (χ3v) is 3.80. The Labute approximate surface area is 132 Å². The molecule has 0 saturated heterocycles. The second kappa shape index (κ2) is 5.72. The van der Waals surface area contributed by atoms with Crippen molar-refractivity contribution >= 4 is 21.8 Å². The molecule has 0 aliphatic carbocycles. The minimum absolute atomic E-state index is 0.132. The third kappa shape index (κ3) is 2.32. The van der Waals surface area contributed by atoms with Crippen LogP contribution in [0.1, 0.15) is 0 Å². The van der Waals surface area contributed by atoms with Crippen molar-refractivity contribution in [3.63, 3.8) is 0 Å². The number of ether oxygens (including phenoxy) is 4. The molecule has 6 nitrogen and oxygen atoms in total. The van der Waals surface area contributed by atoms with Crippen LogP contribution < -0.4 is 24.4 Å². The van der Waals surface area contributed by atoms with E-state index in [1.54, 1.807) is 45.6 Å². The first-order valence-corrected chi connectivity index (χ1v) is 6.96. The molecule has 1 N–H and O–H groups in total. The SMILES string of the molecule is COc1cc(OC)c2[nH]c3cc(OC)c(OC)cc3c(=O)c2c1. The number of pyridine rings is 1. The first-order chi connectivity index (χ1) is 11.1. The van der Waals surface area contributed by atoms with Gasteiger partial charge in [-0.25, -0.2) is 0 Å². The molecule has 0 spiro atoms. The number of methoxy groups -OCH3 is 4. The fraction of sp³-hybridized carbons (Fsp3) is 0.235. The van der Waals surface area contributed by atoms with Crippen LogP contribution in [0, 0.1) is 0 Å². The quantitative estimate of drug-likeness (QED) is 0.750. The van der Waals surface area contributed by atoms with Crippen LogP contribution in [0.2, 0.25) is 0 Å². The zero-order valence-corrected chi connectivity index (χ0v) is 13.4. The molecule has 23 heavy (non-hydrogen) atoms. The van der Waals surface area contributed by atoms with Crippen LogP contribution in [0.3, 0.4) is 0 Å². The summed E-state index contributed by atoms with van der Waals surface area (Å²) in [5.74, 6) is 2.13. The van der Waals surface area contributed by atoms with E-state index < -0.39 is 0 Å². The fourth-order valence-electron chi connectivity index (χ4n) is 2.63. The standard InChI is InChI=1S/C17H17NO5/c1-20-9-5-11-16(15(6-9)23-4)18-12-8-14(22-3)13(21-2)7-10(12)17(11)19/h5-8H,1-4H3,(H,18,19). The lowest BCUT2D eigenvalue weighted by molar-refractivity contribution is 0.356. The summed E-state index contributed by atoms with van der Waals surface area (Å²) in [4.78, 5) is 16.1. The average molecular weight is 315 g/mol. The van der Waals surface area contributed by atoms with Gasteiger partial charge in [0.2, 0.25) is 0 Å². The summed E-state index contributed by atoms with van der Waals surface area (Å²) in [6, 6.07) is 6.81. The highest BCUT2D eigenvalue weighted by Crippen LogP contribution is 2.34. The highest BCUT2D eigenvalue weighted by molar-refractivity contribution is 5.97. The lowest BCUT2D eigenvalue weighted by Gasteiger charge is -2.12. The Morgan fingerprint density at radius 2 is 1.39 bits per heavy atom. The van der Waals surface area contributed by atoms with E-state index in [0.717, 1.165) is 0 Å². The molecule has 3 rings (SSSR count). The number of rotatable bonds is 4. The normalized spacial score (nSPS) is 10.8. The van der Waals surface area contributed by atoms with Gasteiger partial charge in [0.05, 0.1) is 50.2 Å². The predicted octanol–water partition coefficient (Wildman–Crippen LogP) is 2.72. The van der Waals surface area contributed by atoms with E-state index in [-0.39, 0.29) is 5.43 Å². The van der Waals surface area contributed by atoms with E-state index in [1.807, 2.05) is 0 Å². The van der Waals surface area contributed by atoms with Gasteiger partial charge < -0.3 is 23.9 Å². The molecule has 0 amide bonds. The van der Waals surface area contributed by atoms with Crippen molar-refractivity contribution in [2.24, 2.45) is 0 Å². The van der Waals surface area contributed by atoms with E-state index in [0.29, 0.717) is 44.8 Å². The van der Waals surface area contributed by atoms with Crippen molar-refractivity contribution in [2.75, 3.05) is 28.4 Å². The smallest absolute Gasteiger partial charge is 0.197 e. The van der Waals surface area contributed by atoms with Gasteiger partial charge in [-0.2, -0.15) is 0 Å². The minimum Gasteiger partial charge on any atom is -0.497 e. The lowest BCUT2D eigenvalue weighted by Crippen LogP contribution is -2.06. The summed E-state index contributed by atoms with van der Waals surface area (Å²) in [5, 5.41) is 0.992. The van der Waals surface area contributed by atoms with Gasteiger partial charge in [0.15, 0.2) is 16.9 Å². The van der Waals surface area contributed by atoms with Gasteiger partial charge in [-0.15, -0.1) is 0 Å². The van der Waals surface area contributed by atoms with Crippen molar-refractivity contribution < 1.29 is 18.9 Å². The zero-order chi connectivity index (χ0) is 16.6. The van der Waals surface area contributed by atoms with Crippen LogP contribution >= 0.6 is 0 Å². The predicted molar refractivity (Wildman–Crippen MR) is 88.3 cm³/mol. The van der Waals surface area contributed by atoms with Crippen LogP contribution in [0.5, 0.6) is 23.0 Å². The Morgan fingerprint density at radius 1 is 0.739 bits per heavy atom. The van der Waals surface area contributed by atoms with Gasteiger partial charge in [-0.05, 0) is 12.1 Å². The molecule has 0 saturated carbocycles.